The lowest BCUT2D eigenvalue weighted by Gasteiger charge is -2.00. The second-order valence-electron chi connectivity index (χ2n) is 4.42. The highest BCUT2D eigenvalue weighted by molar-refractivity contribution is 14.1. The Morgan fingerprint density at radius 3 is 2.40 bits per heavy atom. The predicted octanol–water partition coefficient (Wildman–Crippen LogP) is 4.83. The molecule has 20 heavy (non-hydrogen) atoms. The van der Waals surface area contributed by atoms with Crippen LogP contribution in [0, 0.1) is 3.57 Å². The second-order valence-corrected chi connectivity index (χ2v) is 5.67. The molecule has 3 heteroatoms. The van der Waals surface area contributed by atoms with Crippen LogP contribution in [-0.4, -0.2) is 10.8 Å². The molecule has 98 valence electrons. The third kappa shape index (κ3) is 3.17. The lowest BCUT2D eigenvalue weighted by Crippen LogP contribution is -1.88. The Hall–Kier alpha value is -1.88. The van der Waals surface area contributed by atoms with Crippen LogP contribution in [0.2, 0.25) is 0 Å². The highest BCUT2D eigenvalue weighted by Gasteiger charge is 1.96. The largest absolute Gasteiger partial charge is 0.323 e. The number of benzene rings is 2. The minimum Gasteiger partial charge on any atom is -0.323 e. The minimum atomic E-state index is 0.970. The molecule has 0 bridgehead atoms. The van der Waals surface area contributed by atoms with Gasteiger partial charge in [0, 0.05) is 33.4 Å². The lowest BCUT2D eigenvalue weighted by molar-refractivity contribution is 1.08. The molecule has 0 aliphatic rings. The number of rotatable bonds is 3. The Kier molecular flexibility index (Phi) is 3.97. The summed E-state index contributed by atoms with van der Waals surface area (Å²) in [6.45, 7) is 0. The molecular formula is C17H13IN2. The van der Waals surface area contributed by atoms with Crippen LogP contribution in [0.5, 0.6) is 0 Å². The Morgan fingerprint density at radius 1 is 0.900 bits per heavy atom. The standard InChI is InChI=1S/C17H13IN2/c18-15-6-8-16(9-7-15)19-12-14-10-11-20(13-14)17-4-2-1-3-5-17/h1-13H. The van der Waals surface area contributed by atoms with Crippen molar-refractivity contribution in [1.82, 2.24) is 4.57 Å². The number of halogens is 1. The van der Waals surface area contributed by atoms with Crippen LogP contribution in [0.1, 0.15) is 5.56 Å². The van der Waals surface area contributed by atoms with Gasteiger partial charge < -0.3 is 4.57 Å². The van der Waals surface area contributed by atoms with Gasteiger partial charge in [0.2, 0.25) is 0 Å². The van der Waals surface area contributed by atoms with Gasteiger partial charge in [0.25, 0.3) is 0 Å². The summed E-state index contributed by atoms with van der Waals surface area (Å²) < 4.78 is 3.31. The summed E-state index contributed by atoms with van der Waals surface area (Å²) in [7, 11) is 0. The van der Waals surface area contributed by atoms with Crippen LogP contribution in [0.15, 0.2) is 78.0 Å². The molecule has 0 atom stereocenters. The minimum absolute atomic E-state index is 0.970. The molecule has 0 radical (unpaired) electrons. The summed E-state index contributed by atoms with van der Waals surface area (Å²) in [4.78, 5) is 4.48. The Labute approximate surface area is 131 Å². The maximum Gasteiger partial charge on any atom is 0.0630 e. The summed E-state index contributed by atoms with van der Waals surface area (Å²) in [6.07, 6.45) is 6.01. The van der Waals surface area contributed by atoms with E-state index in [1.54, 1.807) is 0 Å². The van der Waals surface area contributed by atoms with E-state index in [-0.39, 0.29) is 0 Å². The van der Waals surface area contributed by atoms with E-state index in [1.165, 1.54) is 3.57 Å². The van der Waals surface area contributed by atoms with Gasteiger partial charge in [0.05, 0.1) is 5.69 Å². The number of para-hydroxylation sites is 1. The third-order valence-corrected chi connectivity index (χ3v) is 3.68. The van der Waals surface area contributed by atoms with Crippen molar-refractivity contribution in [2.75, 3.05) is 0 Å². The second kappa shape index (κ2) is 6.05. The molecular weight excluding hydrogens is 359 g/mol. The average molecular weight is 372 g/mol. The normalized spacial score (nSPS) is 11.1. The fraction of sp³-hybridized carbons (Fsp3) is 0. The summed E-state index contributed by atoms with van der Waals surface area (Å²) in [5.74, 6) is 0. The lowest BCUT2D eigenvalue weighted by atomic mass is 10.3. The van der Waals surface area contributed by atoms with Gasteiger partial charge in [-0.2, -0.15) is 0 Å². The van der Waals surface area contributed by atoms with Gasteiger partial charge >= 0.3 is 0 Å². The Balaban J connectivity index is 1.79. The molecule has 0 aliphatic heterocycles. The topological polar surface area (TPSA) is 17.3 Å². The van der Waals surface area contributed by atoms with Gasteiger partial charge in [-0.15, -0.1) is 0 Å². The summed E-state index contributed by atoms with van der Waals surface area (Å²) >= 11 is 2.29. The highest BCUT2D eigenvalue weighted by atomic mass is 127. The molecule has 0 amide bonds. The molecule has 0 fully saturated rings. The molecule has 1 aromatic heterocycles. The summed E-state index contributed by atoms with van der Waals surface area (Å²) in [5.41, 5.74) is 3.21. The van der Waals surface area contributed by atoms with Crippen molar-refractivity contribution >= 4 is 34.5 Å². The van der Waals surface area contributed by atoms with Crippen LogP contribution in [-0.2, 0) is 0 Å². The first kappa shape index (κ1) is 13.1. The van der Waals surface area contributed by atoms with E-state index in [0.29, 0.717) is 0 Å². The number of nitrogens with zero attached hydrogens (tertiary/aromatic N) is 2. The molecule has 2 nitrogen and oxygen atoms in total. The Morgan fingerprint density at radius 2 is 1.65 bits per heavy atom. The van der Waals surface area contributed by atoms with Crippen LogP contribution in [0.25, 0.3) is 5.69 Å². The zero-order chi connectivity index (χ0) is 13.8. The van der Waals surface area contributed by atoms with Crippen molar-refractivity contribution in [3.8, 4) is 5.69 Å². The smallest absolute Gasteiger partial charge is 0.0630 e. The average Bonchev–Trinajstić information content (AvgIpc) is 2.97. The maximum atomic E-state index is 4.48. The van der Waals surface area contributed by atoms with E-state index in [4.69, 9.17) is 0 Å². The third-order valence-electron chi connectivity index (χ3n) is 2.96. The van der Waals surface area contributed by atoms with Gasteiger partial charge in [0.15, 0.2) is 0 Å². The molecule has 0 unspecified atom stereocenters. The maximum absolute atomic E-state index is 4.48. The fourth-order valence-corrected chi connectivity index (χ4v) is 2.29. The Bertz CT molecular complexity index is 712. The zero-order valence-electron chi connectivity index (χ0n) is 10.8. The van der Waals surface area contributed by atoms with E-state index in [1.807, 2.05) is 42.7 Å². The number of hydrogen-bond acceptors (Lipinski definition) is 1. The van der Waals surface area contributed by atoms with E-state index in [2.05, 4.69) is 68.7 Å². The number of aliphatic imine (C=N–C) groups is 1. The van der Waals surface area contributed by atoms with Crippen molar-refractivity contribution in [3.05, 3.63) is 82.2 Å². The fourth-order valence-electron chi connectivity index (χ4n) is 1.93. The van der Waals surface area contributed by atoms with Gasteiger partial charge in [-0.1, -0.05) is 18.2 Å². The molecule has 0 aliphatic carbocycles. The summed E-state index contributed by atoms with van der Waals surface area (Å²) in [5, 5.41) is 0. The highest BCUT2D eigenvalue weighted by Crippen LogP contribution is 2.15. The van der Waals surface area contributed by atoms with Crippen molar-refractivity contribution in [2.24, 2.45) is 4.99 Å². The molecule has 0 saturated carbocycles. The van der Waals surface area contributed by atoms with Gasteiger partial charge in [0.1, 0.15) is 0 Å². The van der Waals surface area contributed by atoms with E-state index >= 15 is 0 Å². The molecule has 3 rings (SSSR count). The van der Waals surface area contributed by atoms with Gasteiger partial charge in [-0.3, -0.25) is 4.99 Å². The molecule has 2 aromatic carbocycles. The predicted molar refractivity (Wildman–Crippen MR) is 92.2 cm³/mol. The van der Waals surface area contributed by atoms with E-state index in [9.17, 15) is 0 Å². The number of aromatic nitrogens is 1. The van der Waals surface area contributed by atoms with Gasteiger partial charge in [-0.05, 0) is 65.1 Å². The van der Waals surface area contributed by atoms with Crippen LogP contribution >= 0.6 is 22.6 Å². The molecule has 3 aromatic rings. The van der Waals surface area contributed by atoms with Gasteiger partial charge in [-0.25, -0.2) is 0 Å². The first-order valence-corrected chi connectivity index (χ1v) is 7.42. The molecule has 0 N–H and O–H groups in total. The van der Waals surface area contributed by atoms with Crippen molar-refractivity contribution in [3.63, 3.8) is 0 Å². The molecule has 1 heterocycles. The number of hydrogen-bond donors (Lipinski definition) is 0. The van der Waals surface area contributed by atoms with Crippen LogP contribution in [0.3, 0.4) is 0 Å². The van der Waals surface area contributed by atoms with Crippen molar-refractivity contribution in [2.45, 2.75) is 0 Å². The van der Waals surface area contributed by atoms with Crippen LogP contribution < -0.4 is 0 Å². The first-order valence-electron chi connectivity index (χ1n) is 6.34. The molecule has 0 spiro atoms. The van der Waals surface area contributed by atoms with Crippen molar-refractivity contribution in [1.29, 1.82) is 0 Å². The molecule has 0 saturated heterocycles. The van der Waals surface area contributed by atoms with E-state index < -0.39 is 0 Å². The van der Waals surface area contributed by atoms with E-state index in [0.717, 1.165) is 16.9 Å². The van der Waals surface area contributed by atoms with Crippen LogP contribution in [0.4, 0.5) is 5.69 Å². The quantitative estimate of drug-likeness (QED) is 0.463. The zero-order valence-corrected chi connectivity index (χ0v) is 12.9. The summed E-state index contributed by atoms with van der Waals surface area (Å²) in [6, 6.07) is 20.5. The SMILES string of the molecule is Ic1ccc(N=Cc2ccn(-c3ccccc3)c2)cc1. The van der Waals surface area contributed by atoms with Crippen molar-refractivity contribution < 1.29 is 0 Å². The monoisotopic (exact) mass is 372 g/mol. The first-order chi connectivity index (χ1) is 9.81.